The van der Waals surface area contributed by atoms with E-state index in [1.54, 1.807) is 16.7 Å². The van der Waals surface area contributed by atoms with Gasteiger partial charge in [-0.25, -0.2) is 0 Å². The summed E-state index contributed by atoms with van der Waals surface area (Å²) in [5.41, 5.74) is 12.3. The molecule has 0 heteroatoms. The molecule has 1 fully saturated rings. The molecule has 0 amide bonds. The highest BCUT2D eigenvalue weighted by molar-refractivity contribution is 5.75. The molecule has 0 bridgehead atoms. The monoisotopic (exact) mass is 388 g/mol. The second kappa shape index (κ2) is 8.50. The van der Waals surface area contributed by atoms with Crippen molar-refractivity contribution in [2.24, 2.45) is 5.41 Å². The summed E-state index contributed by atoms with van der Waals surface area (Å²) in [6.45, 7) is 18.6. The van der Waals surface area contributed by atoms with Gasteiger partial charge in [0.25, 0.3) is 0 Å². The third kappa shape index (κ3) is 5.03. The Morgan fingerprint density at radius 2 is 1.72 bits per heavy atom. The molecule has 0 nitrogen and oxygen atoms in total. The lowest BCUT2D eigenvalue weighted by atomic mass is 9.75. The summed E-state index contributed by atoms with van der Waals surface area (Å²) < 4.78 is 0. The summed E-state index contributed by atoms with van der Waals surface area (Å²) in [5, 5.41) is 0. The van der Waals surface area contributed by atoms with E-state index in [-0.39, 0.29) is 5.41 Å². The second-order valence-corrected chi connectivity index (χ2v) is 10.5. The van der Waals surface area contributed by atoms with Gasteiger partial charge in [0.2, 0.25) is 0 Å². The van der Waals surface area contributed by atoms with Crippen LogP contribution in [0.25, 0.3) is 11.1 Å². The molecule has 2 aromatic rings. The maximum Gasteiger partial charge on any atom is -0.0117 e. The van der Waals surface area contributed by atoms with Crippen LogP contribution >= 0.6 is 0 Å². The van der Waals surface area contributed by atoms with Crippen LogP contribution in [0.3, 0.4) is 0 Å². The normalized spacial score (nSPS) is 15.3. The molecule has 0 aliphatic heterocycles. The third-order valence-corrected chi connectivity index (χ3v) is 6.60. The second-order valence-electron chi connectivity index (χ2n) is 10.5. The lowest BCUT2D eigenvalue weighted by Gasteiger charge is -2.30. The molecule has 3 rings (SSSR count). The first-order valence-electron chi connectivity index (χ1n) is 11.5. The Balaban J connectivity index is 2.14. The zero-order valence-electron chi connectivity index (χ0n) is 19.9. The first-order chi connectivity index (χ1) is 13.6. The Morgan fingerprint density at radius 1 is 1.10 bits per heavy atom. The lowest BCUT2D eigenvalue weighted by molar-refractivity contribution is 0.358. The summed E-state index contributed by atoms with van der Waals surface area (Å²) in [7, 11) is 0. The summed E-state index contributed by atoms with van der Waals surface area (Å²) in [6, 6.07) is 11.8. The molecule has 0 radical (unpaired) electrons. The van der Waals surface area contributed by atoms with Crippen LogP contribution in [0.15, 0.2) is 42.0 Å². The molecule has 1 aliphatic rings. The number of rotatable bonds is 7. The van der Waals surface area contributed by atoms with Crippen LogP contribution in [0.1, 0.15) is 100 Å². The minimum absolute atomic E-state index is 0.277. The van der Waals surface area contributed by atoms with Gasteiger partial charge in [0.05, 0.1) is 0 Å². The molecule has 0 spiro atoms. The number of hydrogen-bond acceptors (Lipinski definition) is 0. The molecule has 0 saturated heterocycles. The van der Waals surface area contributed by atoms with Crippen LogP contribution < -0.4 is 0 Å². The lowest BCUT2D eigenvalue weighted by Crippen LogP contribution is -2.18. The molecule has 0 atom stereocenters. The van der Waals surface area contributed by atoms with Gasteiger partial charge in [-0.05, 0) is 104 Å². The van der Waals surface area contributed by atoms with E-state index in [9.17, 15) is 0 Å². The fourth-order valence-electron chi connectivity index (χ4n) is 5.13. The molecular weight excluding hydrogens is 348 g/mol. The Morgan fingerprint density at radius 3 is 2.24 bits per heavy atom. The van der Waals surface area contributed by atoms with Gasteiger partial charge >= 0.3 is 0 Å². The van der Waals surface area contributed by atoms with Crippen molar-refractivity contribution < 1.29 is 0 Å². The van der Waals surface area contributed by atoms with Crippen molar-refractivity contribution in [2.45, 2.75) is 92.9 Å². The van der Waals surface area contributed by atoms with E-state index < -0.39 is 0 Å². The van der Waals surface area contributed by atoms with Crippen LogP contribution in [0.2, 0.25) is 0 Å². The fourth-order valence-corrected chi connectivity index (χ4v) is 5.13. The van der Waals surface area contributed by atoms with E-state index in [1.165, 1.54) is 47.1 Å². The van der Waals surface area contributed by atoms with E-state index in [0.29, 0.717) is 5.92 Å². The van der Waals surface area contributed by atoms with Crippen molar-refractivity contribution in [3.63, 3.8) is 0 Å². The smallest absolute Gasteiger partial charge is 0.0117 e. The predicted molar refractivity (Wildman–Crippen MR) is 129 cm³/mol. The minimum atomic E-state index is 0.277. The molecule has 1 aliphatic carbocycles. The molecule has 0 aromatic heterocycles. The van der Waals surface area contributed by atoms with E-state index >= 15 is 0 Å². The van der Waals surface area contributed by atoms with Gasteiger partial charge in [-0.15, -0.1) is 0 Å². The highest BCUT2D eigenvalue weighted by Gasteiger charge is 2.31. The topological polar surface area (TPSA) is 0 Å². The Bertz CT molecular complexity index is 887. The number of benzene rings is 2. The molecule has 156 valence electrons. The van der Waals surface area contributed by atoms with Crippen molar-refractivity contribution in [1.29, 1.82) is 0 Å². The predicted octanol–water partition coefficient (Wildman–Crippen LogP) is 8.90. The van der Waals surface area contributed by atoms with E-state index in [2.05, 4.69) is 91.8 Å². The summed E-state index contributed by atoms with van der Waals surface area (Å²) in [4.78, 5) is 0. The van der Waals surface area contributed by atoms with Crippen molar-refractivity contribution >= 4 is 0 Å². The van der Waals surface area contributed by atoms with Crippen LogP contribution in [0.4, 0.5) is 0 Å². The first kappa shape index (κ1) is 21.9. The zero-order chi connectivity index (χ0) is 21.3. The van der Waals surface area contributed by atoms with Gasteiger partial charge in [-0.2, -0.15) is 0 Å². The number of allylic oxidation sites excluding steroid dienone is 2. The van der Waals surface area contributed by atoms with E-state index in [1.807, 2.05) is 0 Å². The average molecular weight is 389 g/mol. The molecule has 0 N–H and O–H groups in total. The minimum Gasteiger partial charge on any atom is -0.0887 e. The van der Waals surface area contributed by atoms with Gasteiger partial charge < -0.3 is 0 Å². The largest absolute Gasteiger partial charge is 0.0887 e. The molecule has 2 aromatic carbocycles. The summed E-state index contributed by atoms with van der Waals surface area (Å²) in [6.07, 6.45) is 7.28. The SMILES string of the molecule is C/C=C(/C)CC(C)(C)Cc1cc(C2CC2)c(-c2ccc(C)cc2)c(C)c1C(C)C. The fraction of sp³-hybridized carbons (Fsp3) is 0.517. The molecule has 0 unspecified atom stereocenters. The van der Waals surface area contributed by atoms with Gasteiger partial charge in [0.15, 0.2) is 0 Å². The number of aryl methyl sites for hydroxylation is 1. The van der Waals surface area contributed by atoms with Crippen molar-refractivity contribution in [1.82, 2.24) is 0 Å². The highest BCUT2D eigenvalue weighted by atomic mass is 14.4. The maximum atomic E-state index is 2.60. The Labute approximate surface area is 179 Å². The Kier molecular flexibility index (Phi) is 6.42. The maximum absolute atomic E-state index is 2.60. The van der Waals surface area contributed by atoms with Crippen LogP contribution in [0.5, 0.6) is 0 Å². The average Bonchev–Trinajstić information content (AvgIpc) is 3.46. The van der Waals surface area contributed by atoms with Crippen LogP contribution in [0, 0.1) is 19.3 Å². The molecule has 0 heterocycles. The van der Waals surface area contributed by atoms with Gasteiger partial charge in [0.1, 0.15) is 0 Å². The zero-order valence-corrected chi connectivity index (χ0v) is 19.9. The van der Waals surface area contributed by atoms with E-state index in [4.69, 9.17) is 0 Å². The van der Waals surface area contributed by atoms with Crippen molar-refractivity contribution in [2.75, 3.05) is 0 Å². The van der Waals surface area contributed by atoms with E-state index in [0.717, 1.165) is 12.3 Å². The van der Waals surface area contributed by atoms with Gasteiger partial charge in [-0.3, -0.25) is 0 Å². The van der Waals surface area contributed by atoms with Crippen LogP contribution in [-0.4, -0.2) is 0 Å². The van der Waals surface area contributed by atoms with Crippen molar-refractivity contribution in [3.8, 4) is 11.1 Å². The number of hydrogen-bond donors (Lipinski definition) is 0. The van der Waals surface area contributed by atoms with Gasteiger partial charge in [0, 0.05) is 0 Å². The van der Waals surface area contributed by atoms with Crippen LogP contribution in [-0.2, 0) is 6.42 Å². The Hall–Kier alpha value is -1.82. The van der Waals surface area contributed by atoms with Gasteiger partial charge in [-0.1, -0.05) is 75.2 Å². The van der Waals surface area contributed by atoms with Crippen molar-refractivity contribution in [3.05, 3.63) is 69.8 Å². The molecule has 29 heavy (non-hydrogen) atoms. The molecule has 1 saturated carbocycles. The standard InChI is InChI=1S/C29H40/c1-9-20(4)17-29(7,8)18-25-16-26(23-14-15-23)28(22(6)27(25)19(2)3)24-12-10-21(5)11-13-24/h9-13,16,19,23H,14-15,17-18H2,1-8H3/b20-9-. The first-order valence-corrected chi connectivity index (χ1v) is 11.5. The third-order valence-electron chi connectivity index (χ3n) is 6.60. The quantitative estimate of drug-likeness (QED) is 0.415. The molecular formula is C29H40. The summed E-state index contributed by atoms with van der Waals surface area (Å²) >= 11 is 0. The highest BCUT2D eigenvalue weighted by Crippen LogP contribution is 2.48. The summed E-state index contributed by atoms with van der Waals surface area (Å²) in [5.74, 6) is 1.30.